The summed E-state index contributed by atoms with van der Waals surface area (Å²) in [5, 5.41) is 12.4. The van der Waals surface area contributed by atoms with Gasteiger partial charge in [0.05, 0.1) is 21.1 Å². The number of carbonyl (C=O) groups excluding carboxylic acids is 2. The third-order valence-corrected chi connectivity index (χ3v) is 6.45. The second-order valence-corrected chi connectivity index (χ2v) is 10.1. The molecule has 6 nitrogen and oxygen atoms in total. The molecule has 0 heterocycles. The summed E-state index contributed by atoms with van der Waals surface area (Å²) in [7, 11) is 0.802. The van der Waals surface area contributed by atoms with E-state index in [9.17, 15) is 14.7 Å². The lowest BCUT2D eigenvalue weighted by atomic mass is 10.1. The summed E-state index contributed by atoms with van der Waals surface area (Å²) in [4.78, 5) is 23.7. The van der Waals surface area contributed by atoms with Gasteiger partial charge in [-0.15, -0.1) is 8.58 Å². The van der Waals surface area contributed by atoms with E-state index < -0.39 is 11.9 Å². The Morgan fingerprint density at radius 1 is 1.00 bits per heavy atom. The lowest BCUT2D eigenvalue weighted by Crippen LogP contribution is -2.30. The summed E-state index contributed by atoms with van der Waals surface area (Å²) in [6.07, 6.45) is 0.974. The Hall–Kier alpha value is -2.41. The van der Waals surface area contributed by atoms with Crippen LogP contribution in [0.4, 0.5) is 0 Å². The van der Waals surface area contributed by atoms with Crippen molar-refractivity contribution in [3.05, 3.63) is 86.3 Å². The molecule has 3 rings (SSSR count). The van der Waals surface area contributed by atoms with Gasteiger partial charge in [-0.05, 0) is 94.4 Å². The van der Waals surface area contributed by atoms with Crippen molar-refractivity contribution in [2.45, 2.75) is 33.9 Å². The van der Waals surface area contributed by atoms with Crippen LogP contribution in [0.1, 0.15) is 42.3 Å². The van der Waals surface area contributed by atoms with Crippen LogP contribution in [0, 0.1) is 6.92 Å². The summed E-state index contributed by atoms with van der Waals surface area (Å²) in [6.45, 7) is 9.84. The van der Waals surface area contributed by atoms with Gasteiger partial charge >= 0.3 is 5.97 Å². The van der Waals surface area contributed by atoms with Crippen molar-refractivity contribution in [2.75, 3.05) is 19.8 Å². The van der Waals surface area contributed by atoms with Crippen LogP contribution in [0.2, 0.25) is 0 Å². The molecular formula is C28H34Br2NO5P. The number of carbonyl (C=O) groups is 2. The normalized spacial score (nSPS) is 10.0. The molecule has 0 spiro atoms. The standard InChI is InChI=1S/C19H20Br2NO5P.C7H8.C2H6/c1-3-26-17(24)9-22-19(25)13-8-12(4-5-16(13)23)27-18-14(20)6-11(10-28-2)7-15(18)21;1-7-5-3-2-4-6-7;1-2/h4-8,23,28H,3,9-10H2,1-2H3,(H,22,25);2-6H,1H3;1-2H3. The second kappa shape index (κ2) is 17.9. The van der Waals surface area contributed by atoms with Crippen LogP contribution in [-0.2, 0) is 15.7 Å². The van der Waals surface area contributed by atoms with Gasteiger partial charge in [0.1, 0.15) is 18.0 Å². The van der Waals surface area contributed by atoms with Crippen LogP contribution in [0.25, 0.3) is 0 Å². The van der Waals surface area contributed by atoms with Crippen molar-refractivity contribution in [1.29, 1.82) is 0 Å². The first-order valence-electron chi connectivity index (χ1n) is 11.8. The maximum Gasteiger partial charge on any atom is 0.325 e. The monoisotopic (exact) mass is 653 g/mol. The van der Waals surface area contributed by atoms with Gasteiger partial charge in [-0.25, -0.2) is 0 Å². The number of hydrogen-bond acceptors (Lipinski definition) is 5. The van der Waals surface area contributed by atoms with E-state index in [1.165, 1.54) is 23.3 Å². The predicted molar refractivity (Wildman–Crippen MR) is 159 cm³/mol. The number of ether oxygens (including phenoxy) is 2. The summed E-state index contributed by atoms with van der Waals surface area (Å²) < 4.78 is 12.2. The number of aromatic hydroxyl groups is 1. The average Bonchev–Trinajstić information content (AvgIpc) is 2.88. The van der Waals surface area contributed by atoms with E-state index in [4.69, 9.17) is 9.47 Å². The minimum atomic E-state index is -0.603. The molecule has 0 bridgehead atoms. The van der Waals surface area contributed by atoms with Crippen molar-refractivity contribution < 1.29 is 24.2 Å². The number of esters is 1. The highest BCUT2D eigenvalue weighted by Crippen LogP contribution is 2.39. The topological polar surface area (TPSA) is 84.9 Å². The summed E-state index contributed by atoms with van der Waals surface area (Å²) in [5.74, 6) is -0.444. The third-order valence-electron chi connectivity index (χ3n) is 4.51. The molecule has 0 aromatic heterocycles. The summed E-state index contributed by atoms with van der Waals surface area (Å²) in [6, 6.07) is 18.6. The van der Waals surface area contributed by atoms with Crippen molar-refractivity contribution >= 4 is 52.3 Å². The highest BCUT2D eigenvalue weighted by molar-refractivity contribution is 9.11. The number of nitrogens with one attached hydrogen (secondary N) is 1. The molecule has 2 N–H and O–H groups in total. The number of phenolic OH excluding ortho intramolecular Hbond substituents is 1. The van der Waals surface area contributed by atoms with Crippen molar-refractivity contribution in [3.8, 4) is 17.2 Å². The molecule has 3 aromatic rings. The molecule has 0 radical (unpaired) electrons. The van der Waals surface area contributed by atoms with Crippen molar-refractivity contribution in [1.82, 2.24) is 5.32 Å². The molecular weight excluding hydrogens is 621 g/mol. The first kappa shape index (κ1) is 32.6. The number of amides is 1. The van der Waals surface area contributed by atoms with Gasteiger partial charge in [-0.2, -0.15) is 0 Å². The Kier molecular flexibility index (Phi) is 15.8. The Labute approximate surface area is 238 Å². The Morgan fingerprint density at radius 2 is 1.62 bits per heavy atom. The van der Waals surface area contributed by atoms with Crippen LogP contribution >= 0.6 is 40.4 Å². The van der Waals surface area contributed by atoms with Crippen molar-refractivity contribution in [3.63, 3.8) is 0 Å². The Balaban J connectivity index is 0.000000645. The smallest absolute Gasteiger partial charge is 0.325 e. The second-order valence-electron chi connectivity index (χ2n) is 7.34. The maximum absolute atomic E-state index is 12.3. The summed E-state index contributed by atoms with van der Waals surface area (Å²) in [5.41, 5.74) is 2.50. The minimum Gasteiger partial charge on any atom is -0.507 e. The molecule has 200 valence electrons. The van der Waals surface area contributed by atoms with Crippen LogP contribution in [0.3, 0.4) is 0 Å². The molecule has 9 heteroatoms. The molecule has 0 aliphatic rings. The zero-order chi connectivity index (χ0) is 27.8. The zero-order valence-corrected chi connectivity index (χ0v) is 25.9. The number of benzene rings is 3. The van der Waals surface area contributed by atoms with Gasteiger partial charge in [-0.3, -0.25) is 9.59 Å². The quantitative estimate of drug-likeness (QED) is 0.191. The molecule has 1 amide bonds. The number of hydrogen-bond donors (Lipinski definition) is 2. The molecule has 3 aromatic carbocycles. The van der Waals surface area contributed by atoms with E-state index >= 15 is 0 Å². The van der Waals surface area contributed by atoms with Crippen LogP contribution in [0.15, 0.2) is 69.6 Å². The fourth-order valence-corrected chi connectivity index (χ4v) is 4.94. The van der Waals surface area contributed by atoms with Crippen molar-refractivity contribution in [2.24, 2.45) is 0 Å². The zero-order valence-electron chi connectivity index (χ0n) is 21.7. The molecule has 37 heavy (non-hydrogen) atoms. The van der Waals surface area contributed by atoms with Gasteiger partial charge in [0.25, 0.3) is 5.91 Å². The molecule has 0 aliphatic heterocycles. The van der Waals surface area contributed by atoms with Crippen LogP contribution in [0.5, 0.6) is 17.2 Å². The van der Waals surface area contributed by atoms with E-state index in [0.717, 1.165) is 23.7 Å². The van der Waals surface area contributed by atoms with E-state index in [1.807, 2.05) is 44.2 Å². The van der Waals surface area contributed by atoms with Gasteiger partial charge in [0.15, 0.2) is 5.75 Å². The average molecular weight is 655 g/mol. The molecule has 0 fully saturated rings. The van der Waals surface area contributed by atoms with E-state index in [2.05, 4.69) is 62.9 Å². The van der Waals surface area contributed by atoms with Crippen LogP contribution in [-0.4, -0.2) is 36.8 Å². The van der Waals surface area contributed by atoms with Gasteiger partial charge < -0.3 is 19.9 Å². The number of halogens is 2. The van der Waals surface area contributed by atoms with Gasteiger partial charge in [0, 0.05) is 0 Å². The van der Waals surface area contributed by atoms with Gasteiger partial charge in [0.2, 0.25) is 0 Å². The highest BCUT2D eigenvalue weighted by atomic mass is 79.9. The SMILES string of the molecule is CC.CCOC(=O)CNC(=O)c1cc(Oc2c(Br)cc(CPC)cc2Br)ccc1O.Cc1ccccc1. The van der Waals surface area contributed by atoms with E-state index in [0.29, 0.717) is 11.5 Å². The number of aryl methyl sites for hydroxylation is 1. The molecule has 0 saturated heterocycles. The molecule has 0 saturated carbocycles. The molecule has 0 aliphatic carbocycles. The molecule has 1 unspecified atom stereocenters. The largest absolute Gasteiger partial charge is 0.507 e. The third kappa shape index (κ3) is 11.7. The molecule has 1 atom stereocenters. The fourth-order valence-electron chi connectivity index (χ4n) is 2.89. The van der Waals surface area contributed by atoms with Gasteiger partial charge in [-0.1, -0.05) is 49.7 Å². The number of phenols is 1. The lowest BCUT2D eigenvalue weighted by Gasteiger charge is -2.13. The lowest BCUT2D eigenvalue weighted by molar-refractivity contribution is -0.141. The Morgan fingerprint density at radius 3 is 2.14 bits per heavy atom. The van der Waals surface area contributed by atoms with Crippen LogP contribution < -0.4 is 10.1 Å². The first-order valence-corrected chi connectivity index (χ1v) is 15.1. The highest BCUT2D eigenvalue weighted by Gasteiger charge is 2.16. The fraction of sp³-hybridized carbons (Fsp3) is 0.286. The van der Waals surface area contributed by atoms with E-state index in [-0.39, 0.29) is 24.5 Å². The first-order chi connectivity index (χ1) is 17.7. The maximum atomic E-state index is 12.3. The predicted octanol–water partition coefficient (Wildman–Crippen LogP) is 7.83. The minimum absolute atomic E-state index is 0.00199. The number of rotatable bonds is 8. The van der Waals surface area contributed by atoms with E-state index in [1.54, 1.807) is 13.0 Å². The summed E-state index contributed by atoms with van der Waals surface area (Å²) >= 11 is 7.02. The Bertz CT molecular complexity index is 1120.